The van der Waals surface area contributed by atoms with Crippen molar-refractivity contribution in [2.75, 3.05) is 13.6 Å². The maximum atomic E-state index is 11.8. The van der Waals surface area contributed by atoms with Gasteiger partial charge in [-0.2, -0.15) is 0 Å². The maximum absolute atomic E-state index is 11.8. The number of hydrogen-bond donors (Lipinski definition) is 2. The average Bonchev–Trinajstić information content (AvgIpc) is 2.53. The Morgan fingerprint density at radius 3 is 2.61 bits per heavy atom. The van der Waals surface area contributed by atoms with Crippen molar-refractivity contribution in [3.05, 3.63) is 47.5 Å². The lowest BCUT2D eigenvalue weighted by Gasteiger charge is -2.17. The van der Waals surface area contributed by atoms with Gasteiger partial charge in [-0.05, 0) is 28.8 Å². The van der Waals surface area contributed by atoms with Crippen LogP contribution in [-0.4, -0.2) is 45.6 Å². The van der Waals surface area contributed by atoms with Gasteiger partial charge in [0.15, 0.2) is 0 Å². The SMILES string of the molecule is CN(Cc1cccc(-c2cnc(Cl)nc2)c1)C(=O)CNC(=O)O. The van der Waals surface area contributed by atoms with Gasteiger partial charge >= 0.3 is 6.09 Å². The second-order valence-corrected chi connectivity index (χ2v) is 5.19. The first-order valence-electron chi connectivity index (χ1n) is 6.73. The molecule has 0 aliphatic carbocycles. The standard InChI is InChI=1S/C15H15ClN4O3/c1-20(13(21)8-19-15(22)23)9-10-3-2-4-11(5-10)12-6-17-14(16)18-7-12/h2-7,19H,8-9H2,1H3,(H,22,23). The zero-order valence-corrected chi connectivity index (χ0v) is 13.1. The summed E-state index contributed by atoms with van der Waals surface area (Å²) < 4.78 is 0. The van der Waals surface area contributed by atoms with Crippen LogP contribution < -0.4 is 5.32 Å². The number of benzene rings is 1. The van der Waals surface area contributed by atoms with Crippen molar-refractivity contribution >= 4 is 23.6 Å². The van der Waals surface area contributed by atoms with Gasteiger partial charge in [0, 0.05) is 31.5 Å². The topological polar surface area (TPSA) is 95.4 Å². The molecule has 8 heteroatoms. The van der Waals surface area contributed by atoms with Gasteiger partial charge < -0.3 is 15.3 Å². The van der Waals surface area contributed by atoms with Gasteiger partial charge in [-0.15, -0.1) is 0 Å². The van der Waals surface area contributed by atoms with E-state index in [4.69, 9.17) is 16.7 Å². The highest BCUT2D eigenvalue weighted by atomic mass is 35.5. The smallest absolute Gasteiger partial charge is 0.405 e. The second kappa shape index (κ2) is 7.55. The molecule has 0 saturated carbocycles. The summed E-state index contributed by atoms with van der Waals surface area (Å²) in [4.78, 5) is 31.6. The van der Waals surface area contributed by atoms with Crippen LogP contribution in [0.1, 0.15) is 5.56 Å². The zero-order valence-electron chi connectivity index (χ0n) is 12.4. The molecule has 0 saturated heterocycles. The lowest BCUT2D eigenvalue weighted by Crippen LogP contribution is -2.37. The highest BCUT2D eigenvalue weighted by molar-refractivity contribution is 6.28. The molecule has 0 radical (unpaired) electrons. The van der Waals surface area contributed by atoms with Crippen molar-refractivity contribution in [3.8, 4) is 11.1 Å². The summed E-state index contributed by atoms with van der Waals surface area (Å²) in [7, 11) is 1.62. The molecule has 2 rings (SSSR count). The van der Waals surface area contributed by atoms with Crippen LogP contribution in [0.2, 0.25) is 5.28 Å². The Hall–Kier alpha value is -2.67. The first kappa shape index (κ1) is 16.7. The minimum atomic E-state index is -1.23. The molecule has 0 aliphatic rings. The number of aromatic nitrogens is 2. The quantitative estimate of drug-likeness (QED) is 0.816. The van der Waals surface area contributed by atoms with Crippen LogP contribution in [-0.2, 0) is 11.3 Å². The van der Waals surface area contributed by atoms with Crippen molar-refractivity contribution in [3.63, 3.8) is 0 Å². The van der Waals surface area contributed by atoms with Crippen LogP contribution in [0.3, 0.4) is 0 Å². The third kappa shape index (κ3) is 4.93. The fraction of sp³-hybridized carbons (Fsp3) is 0.200. The first-order valence-corrected chi connectivity index (χ1v) is 7.11. The predicted molar refractivity (Wildman–Crippen MR) is 85.0 cm³/mol. The number of nitrogens with one attached hydrogen (secondary N) is 1. The summed E-state index contributed by atoms with van der Waals surface area (Å²) in [6, 6.07) is 7.58. The maximum Gasteiger partial charge on any atom is 0.405 e. The molecule has 23 heavy (non-hydrogen) atoms. The summed E-state index contributed by atoms with van der Waals surface area (Å²) in [5, 5.41) is 10.7. The highest BCUT2D eigenvalue weighted by Gasteiger charge is 2.11. The number of carboxylic acid groups (broad SMARTS) is 1. The number of hydrogen-bond acceptors (Lipinski definition) is 4. The summed E-state index contributed by atoms with van der Waals surface area (Å²) in [5.74, 6) is -0.312. The van der Waals surface area contributed by atoms with Crippen LogP contribution in [0.4, 0.5) is 4.79 Å². The third-order valence-corrected chi connectivity index (χ3v) is 3.31. The Morgan fingerprint density at radius 2 is 1.96 bits per heavy atom. The van der Waals surface area contributed by atoms with Crippen molar-refractivity contribution in [1.29, 1.82) is 0 Å². The number of nitrogens with zero attached hydrogens (tertiary/aromatic N) is 3. The Morgan fingerprint density at radius 1 is 1.26 bits per heavy atom. The molecule has 7 nitrogen and oxygen atoms in total. The van der Waals surface area contributed by atoms with E-state index < -0.39 is 6.09 Å². The van der Waals surface area contributed by atoms with Crippen LogP contribution >= 0.6 is 11.6 Å². The second-order valence-electron chi connectivity index (χ2n) is 4.85. The molecular weight excluding hydrogens is 320 g/mol. The molecule has 1 aromatic carbocycles. The van der Waals surface area contributed by atoms with Crippen molar-refractivity contribution in [2.45, 2.75) is 6.54 Å². The summed E-state index contributed by atoms with van der Waals surface area (Å²) >= 11 is 5.67. The molecule has 0 spiro atoms. The molecule has 120 valence electrons. The fourth-order valence-electron chi connectivity index (χ4n) is 1.96. The van der Waals surface area contributed by atoms with E-state index in [0.717, 1.165) is 16.7 Å². The number of carbonyl (C=O) groups is 2. The highest BCUT2D eigenvalue weighted by Crippen LogP contribution is 2.20. The van der Waals surface area contributed by atoms with E-state index >= 15 is 0 Å². The van der Waals surface area contributed by atoms with Crippen LogP contribution in [0.25, 0.3) is 11.1 Å². The molecule has 2 amide bonds. The zero-order chi connectivity index (χ0) is 16.8. The molecule has 0 fully saturated rings. The van der Waals surface area contributed by atoms with Gasteiger partial charge in [0.05, 0.1) is 0 Å². The van der Waals surface area contributed by atoms with Crippen LogP contribution in [0.5, 0.6) is 0 Å². The van der Waals surface area contributed by atoms with Gasteiger partial charge in [0.1, 0.15) is 6.54 Å². The van der Waals surface area contributed by atoms with E-state index in [-0.39, 0.29) is 17.7 Å². The van der Waals surface area contributed by atoms with Gasteiger partial charge in [-0.3, -0.25) is 4.79 Å². The predicted octanol–water partition coefficient (Wildman–Crippen LogP) is 2.02. The minimum absolute atomic E-state index is 0.182. The number of carbonyl (C=O) groups excluding carboxylic acids is 1. The molecule has 1 heterocycles. The van der Waals surface area contributed by atoms with E-state index in [1.807, 2.05) is 24.3 Å². The Labute approximate surface area is 137 Å². The third-order valence-electron chi connectivity index (χ3n) is 3.12. The van der Waals surface area contributed by atoms with E-state index in [2.05, 4.69) is 15.3 Å². The monoisotopic (exact) mass is 334 g/mol. The van der Waals surface area contributed by atoms with Crippen molar-refractivity contribution < 1.29 is 14.7 Å². The number of likely N-dealkylation sites (N-methyl/N-ethyl adjacent to an activating group) is 1. The number of halogens is 1. The summed E-state index contributed by atoms with van der Waals surface area (Å²) in [6.45, 7) is 0.110. The minimum Gasteiger partial charge on any atom is -0.465 e. The van der Waals surface area contributed by atoms with Gasteiger partial charge in [0.25, 0.3) is 0 Å². The van der Waals surface area contributed by atoms with Crippen molar-refractivity contribution in [2.24, 2.45) is 0 Å². The summed E-state index contributed by atoms with van der Waals surface area (Å²) in [5.41, 5.74) is 2.63. The molecule has 0 bridgehead atoms. The lowest BCUT2D eigenvalue weighted by molar-refractivity contribution is -0.129. The van der Waals surface area contributed by atoms with Gasteiger partial charge in [-0.1, -0.05) is 18.2 Å². The first-order chi connectivity index (χ1) is 11.0. The summed E-state index contributed by atoms with van der Waals surface area (Å²) in [6.07, 6.45) is 2.02. The van der Waals surface area contributed by atoms with Crippen LogP contribution in [0, 0.1) is 0 Å². The van der Waals surface area contributed by atoms with Gasteiger partial charge in [-0.25, -0.2) is 14.8 Å². The Kier molecular flexibility index (Phi) is 5.48. The van der Waals surface area contributed by atoms with Gasteiger partial charge in [0.2, 0.25) is 11.2 Å². The molecule has 2 N–H and O–H groups in total. The molecule has 2 aromatic rings. The molecule has 0 aliphatic heterocycles. The van der Waals surface area contributed by atoms with Crippen LogP contribution in [0.15, 0.2) is 36.7 Å². The molecular formula is C15H15ClN4O3. The Balaban J connectivity index is 2.06. The van der Waals surface area contributed by atoms with E-state index in [9.17, 15) is 9.59 Å². The normalized spacial score (nSPS) is 10.2. The molecule has 0 unspecified atom stereocenters. The average molecular weight is 335 g/mol. The Bertz CT molecular complexity index is 706. The largest absolute Gasteiger partial charge is 0.465 e. The van der Waals surface area contributed by atoms with E-state index in [1.54, 1.807) is 19.4 Å². The van der Waals surface area contributed by atoms with E-state index in [0.29, 0.717) is 6.54 Å². The molecule has 0 atom stereocenters. The molecule has 1 aromatic heterocycles. The van der Waals surface area contributed by atoms with E-state index in [1.165, 1.54) is 4.90 Å². The number of rotatable bonds is 5. The lowest BCUT2D eigenvalue weighted by atomic mass is 10.1. The number of amides is 2. The van der Waals surface area contributed by atoms with Crippen molar-refractivity contribution in [1.82, 2.24) is 20.2 Å². The fourth-order valence-corrected chi connectivity index (χ4v) is 2.06.